The van der Waals surface area contributed by atoms with Crippen molar-refractivity contribution in [1.29, 1.82) is 0 Å². The number of amides is 1. The fourth-order valence-corrected chi connectivity index (χ4v) is 1.57. The summed E-state index contributed by atoms with van der Waals surface area (Å²) in [5.74, 6) is -0.778. The summed E-state index contributed by atoms with van der Waals surface area (Å²) in [6, 6.07) is 4.94. The normalized spacial score (nSPS) is 10.4. The molecule has 17 heavy (non-hydrogen) atoms. The van der Waals surface area contributed by atoms with Crippen LogP contribution in [0, 0.1) is 0 Å². The Labute approximate surface area is 95.5 Å². The van der Waals surface area contributed by atoms with Gasteiger partial charge in [0.25, 0.3) is 0 Å². The van der Waals surface area contributed by atoms with Crippen LogP contribution in [0.15, 0.2) is 32.2 Å². The lowest BCUT2D eigenvalue weighted by atomic mass is 10.1. The number of nitrogens with one attached hydrogen (secondary N) is 1. The molecular weight excluding hydrogens is 224 g/mol. The van der Waals surface area contributed by atoms with E-state index >= 15 is 0 Å². The largest absolute Gasteiger partial charge is 0.419 e. The molecule has 0 saturated heterocycles. The second-order valence-corrected chi connectivity index (χ2v) is 3.70. The maximum atomic E-state index is 11.4. The number of fused-ring (bicyclic) bond motifs is 1. The van der Waals surface area contributed by atoms with E-state index in [0.717, 1.165) is 5.56 Å². The van der Waals surface area contributed by atoms with Crippen LogP contribution in [0.3, 0.4) is 0 Å². The molecule has 0 unspecified atom stereocenters. The van der Waals surface area contributed by atoms with Crippen molar-refractivity contribution in [3.63, 3.8) is 0 Å². The van der Waals surface area contributed by atoms with E-state index in [1.165, 1.54) is 4.90 Å². The molecule has 0 radical (unpaired) electrons. The Morgan fingerprint density at radius 1 is 1.41 bits per heavy atom. The number of benzene rings is 1. The van der Waals surface area contributed by atoms with Crippen LogP contribution in [-0.4, -0.2) is 23.3 Å². The highest BCUT2D eigenvalue weighted by atomic mass is 16.4. The van der Waals surface area contributed by atoms with Crippen molar-refractivity contribution < 1.29 is 9.21 Å². The average Bonchev–Trinajstić information content (AvgIpc) is 2.29. The van der Waals surface area contributed by atoms with E-state index < -0.39 is 11.4 Å². The van der Waals surface area contributed by atoms with Gasteiger partial charge in [0, 0.05) is 13.6 Å². The zero-order chi connectivity index (χ0) is 12.4. The zero-order valence-corrected chi connectivity index (χ0v) is 9.10. The minimum Gasteiger partial charge on any atom is -0.372 e. The second-order valence-electron chi connectivity index (χ2n) is 3.70. The molecule has 88 valence electrons. The van der Waals surface area contributed by atoms with Gasteiger partial charge in [-0.05, 0) is 17.7 Å². The number of hydrogen-bond acceptors (Lipinski definition) is 4. The molecule has 1 heterocycles. The first-order chi connectivity index (χ1) is 8.10. The molecule has 0 fully saturated rings. The summed E-state index contributed by atoms with van der Waals surface area (Å²) < 4.78 is 4.43. The molecule has 6 nitrogen and oxygen atoms in total. The van der Waals surface area contributed by atoms with Crippen molar-refractivity contribution in [2.24, 2.45) is 0 Å². The molecule has 0 aliphatic carbocycles. The Hall–Kier alpha value is -2.37. The highest BCUT2D eigenvalue weighted by Gasteiger charge is 2.05. The van der Waals surface area contributed by atoms with E-state index in [0.29, 0.717) is 23.9 Å². The maximum Gasteiger partial charge on any atom is 0.419 e. The molecule has 0 bridgehead atoms. The molecule has 0 aliphatic rings. The number of carbonyl (C=O) groups excluding carboxylic acids is 1. The number of hydrogen-bond donors (Lipinski definition) is 1. The lowest BCUT2D eigenvalue weighted by Gasteiger charge is -2.10. The third-order valence-electron chi connectivity index (χ3n) is 2.34. The van der Waals surface area contributed by atoms with Gasteiger partial charge >= 0.3 is 11.4 Å². The molecule has 0 saturated carbocycles. The first kappa shape index (κ1) is 11.1. The van der Waals surface area contributed by atoms with Crippen molar-refractivity contribution in [1.82, 2.24) is 9.88 Å². The standard InChI is InChI=1S/C11H10N2O4/c1-13(6-14)5-7-2-3-9-8(4-7)10(15)17-11(16)12-9/h2-4,6H,5H2,1H3,(H,12,16). The summed E-state index contributed by atoms with van der Waals surface area (Å²) >= 11 is 0. The molecule has 1 N–H and O–H groups in total. The summed E-state index contributed by atoms with van der Waals surface area (Å²) in [4.78, 5) is 36.7. The summed E-state index contributed by atoms with van der Waals surface area (Å²) in [5, 5.41) is 0.293. The predicted molar refractivity (Wildman–Crippen MR) is 60.6 cm³/mol. The Morgan fingerprint density at radius 2 is 2.18 bits per heavy atom. The monoisotopic (exact) mass is 234 g/mol. The van der Waals surface area contributed by atoms with Crippen molar-refractivity contribution >= 4 is 17.3 Å². The Kier molecular flexibility index (Phi) is 2.78. The number of carbonyl (C=O) groups is 1. The Bertz CT molecular complexity index is 671. The SMILES string of the molecule is CN(C=O)Cc1ccc2[nH]c(=O)oc(=O)c2c1. The van der Waals surface area contributed by atoms with Gasteiger partial charge in [0.15, 0.2) is 0 Å². The molecule has 1 amide bonds. The fourth-order valence-electron chi connectivity index (χ4n) is 1.57. The topological polar surface area (TPSA) is 83.4 Å². The van der Waals surface area contributed by atoms with Crippen LogP contribution < -0.4 is 11.4 Å². The number of aromatic amines is 1. The molecule has 1 aromatic heterocycles. The third-order valence-corrected chi connectivity index (χ3v) is 2.34. The summed E-state index contributed by atoms with van der Waals surface area (Å²) in [5.41, 5.74) is 0.523. The van der Waals surface area contributed by atoms with Crippen LogP contribution in [0.25, 0.3) is 10.9 Å². The average molecular weight is 234 g/mol. The van der Waals surface area contributed by atoms with Crippen LogP contribution in [0.4, 0.5) is 0 Å². The van der Waals surface area contributed by atoms with Gasteiger partial charge in [0.2, 0.25) is 6.41 Å². The van der Waals surface area contributed by atoms with Crippen molar-refractivity contribution in [2.75, 3.05) is 7.05 Å². The number of rotatable bonds is 3. The summed E-state index contributed by atoms with van der Waals surface area (Å²) in [7, 11) is 1.63. The van der Waals surface area contributed by atoms with Gasteiger partial charge in [-0.3, -0.25) is 9.78 Å². The first-order valence-electron chi connectivity index (χ1n) is 4.92. The molecule has 1 aromatic carbocycles. The van der Waals surface area contributed by atoms with E-state index in [9.17, 15) is 14.4 Å². The van der Waals surface area contributed by atoms with Gasteiger partial charge in [0.1, 0.15) is 0 Å². The summed E-state index contributed by atoms with van der Waals surface area (Å²) in [6.07, 6.45) is 0.694. The minimum absolute atomic E-state index is 0.293. The van der Waals surface area contributed by atoms with Crippen LogP contribution in [-0.2, 0) is 11.3 Å². The van der Waals surface area contributed by atoms with E-state index in [1.54, 1.807) is 25.2 Å². The van der Waals surface area contributed by atoms with Crippen LogP contribution in [0.2, 0.25) is 0 Å². The predicted octanol–water partition coefficient (Wildman–Crippen LogP) is 0.0695. The van der Waals surface area contributed by atoms with E-state index in [4.69, 9.17) is 0 Å². The molecule has 0 spiro atoms. The van der Waals surface area contributed by atoms with Gasteiger partial charge in [-0.1, -0.05) is 6.07 Å². The highest BCUT2D eigenvalue weighted by Crippen LogP contribution is 2.10. The summed E-state index contributed by atoms with van der Waals surface area (Å²) in [6.45, 7) is 0.387. The van der Waals surface area contributed by atoms with E-state index in [1.807, 2.05) is 0 Å². The zero-order valence-electron chi connectivity index (χ0n) is 9.10. The van der Waals surface area contributed by atoms with Crippen LogP contribution in [0.1, 0.15) is 5.56 Å². The molecule has 2 aromatic rings. The van der Waals surface area contributed by atoms with Gasteiger partial charge in [-0.2, -0.15) is 0 Å². The van der Waals surface area contributed by atoms with Crippen LogP contribution in [0.5, 0.6) is 0 Å². The van der Waals surface area contributed by atoms with E-state index in [-0.39, 0.29) is 0 Å². The molecular formula is C11H10N2O4. The molecule has 0 atom stereocenters. The molecule has 0 aliphatic heterocycles. The first-order valence-corrected chi connectivity index (χ1v) is 4.92. The van der Waals surface area contributed by atoms with E-state index in [2.05, 4.69) is 9.40 Å². The molecule has 6 heteroatoms. The van der Waals surface area contributed by atoms with Gasteiger partial charge in [-0.15, -0.1) is 0 Å². The van der Waals surface area contributed by atoms with Gasteiger partial charge in [0.05, 0.1) is 10.9 Å². The lowest BCUT2D eigenvalue weighted by molar-refractivity contribution is -0.117. The lowest BCUT2D eigenvalue weighted by Crippen LogP contribution is -2.17. The van der Waals surface area contributed by atoms with Crippen LogP contribution >= 0.6 is 0 Å². The second kappa shape index (κ2) is 4.25. The Balaban J connectivity index is 2.54. The number of aromatic nitrogens is 1. The molecule has 2 rings (SSSR count). The quantitative estimate of drug-likeness (QED) is 0.762. The van der Waals surface area contributed by atoms with Crippen molar-refractivity contribution in [2.45, 2.75) is 6.54 Å². The smallest absolute Gasteiger partial charge is 0.372 e. The Morgan fingerprint density at radius 3 is 2.88 bits per heavy atom. The highest BCUT2D eigenvalue weighted by molar-refractivity contribution is 5.77. The maximum absolute atomic E-state index is 11.4. The minimum atomic E-state index is -0.778. The third kappa shape index (κ3) is 2.25. The van der Waals surface area contributed by atoms with Crippen molar-refractivity contribution in [3.05, 3.63) is 44.7 Å². The number of nitrogens with zero attached hydrogens (tertiary/aromatic N) is 1. The number of H-pyrrole nitrogens is 1. The van der Waals surface area contributed by atoms with Gasteiger partial charge in [-0.25, -0.2) is 9.59 Å². The van der Waals surface area contributed by atoms with Crippen molar-refractivity contribution in [3.8, 4) is 0 Å². The fraction of sp³-hybridized carbons (Fsp3) is 0.182. The van der Waals surface area contributed by atoms with Gasteiger partial charge < -0.3 is 9.32 Å².